The van der Waals surface area contributed by atoms with E-state index in [1.165, 1.54) is 5.56 Å². The third-order valence-electron chi connectivity index (χ3n) is 7.61. The molecule has 1 fully saturated rings. The molecule has 1 aromatic rings. The monoisotopic (exact) mass is 385 g/mol. The lowest BCUT2D eigenvalue weighted by molar-refractivity contribution is -0.126. The standard InChI is InChI=1S/C22H27NO5/c1-3-4-9-22-17(24)8-6-14-15-12-13-5-7-16(27-20(25)26)19(28-22)18(13)21(14,22)10-11-23(15)2/h5-8,14-15,17,24H,3-4,9-12H2,1-2H3,(H,25,26)/t14-,15+,17-,21-,22-/m0/s1. The highest BCUT2D eigenvalue weighted by atomic mass is 16.7. The lowest BCUT2D eigenvalue weighted by atomic mass is 9.48. The summed E-state index contributed by atoms with van der Waals surface area (Å²) in [6, 6.07) is 4.05. The summed E-state index contributed by atoms with van der Waals surface area (Å²) in [5.41, 5.74) is 1.17. The van der Waals surface area contributed by atoms with E-state index in [1.807, 2.05) is 12.1 Å². The van der Waals surface area contributed by atoms with Gasteiger partial charge in [0, 0.05) is 17.5 Å². The summed E-state index contributed by atoms with van der Waals surface area (Å²) < 4.78 is 11.7. The van der Waals surface area contributed by atoms with Crippen molar-refractivity contribution in [2.45, 2.75) is 62.2 Å². The van der Waals surface area contributed by atoms with Crippen molar-refractivity contribution >= 4 is 6.16 Å². The average Bonchev–Trinajstić information content (AvgIpc) is 2.97. The number of likely N-dealkylation sites (tertiary alicyclic amines) is 1. The van der Waals surface area contributed by atoms with Crippen LogP contribution in [0.2, 0.25) is 0 Å². The molecular formula is C22H27NO5. The number of piperidine rings is 1. The molecule has 0 saturated carbocycles. The van der Waals surface area contributed by atoms with Gasteiger partial charge in [-0.05, 0) is 50.9 Å². The largest absolute Gasteiger partial charge is 0.511 e. The number of benzene rings is 1. The first kappa shape index (κ1) is 18.0. The van der Waals surface area contributed by atoms with Crippen molar-refractivity contribution in [2.24, 2.45) is 5.92 Å². The van der Waals surface area contributed by atoms with Gasteiger partial charge in [-0.15, -0.1) is 0 Å². The number of carbonyl (C=O) groups is 1. The van der Waals surface area contributed by atoms with Crippen molar-refractivity contribution in [1.82, 2.24) is 4.90 Å². The highest BCUT2D eigenvalue weighted by molar-refractivity contribution is 5.69. The molecule has 2 N–H and O–H groups in total. The fourth-order valence-corrected chi connectivity index (χ4v) is 6.46. The van der Waals surface area contributed by atoms with Crippen LogP contribution in [-0.4, -0.2) is 52.6 Å². The molecular weight excluding hydrogens is 358 g/mol. The fourth-order valence-electron chi connectivity index (χ4n) is 6.46. The first-order chi connectivity index (χ1) is 13.4. The predicted molar refractivity (Wildman–Crippen MR) is 103 cm³/mol. The Kier molecular flexibility index (Phi) is 3.84. The van der Waals surface area contributed by atoms with Crippen LogP contribution in [0.15, 0.2) is 24.3 Å². The van der Waals surface area contributed by atoms with Crippen molar-refractivity contribution < 1.29 is 24.5 Å². The van der Waals surface area contributed by atoms with Gasteiger partial charge in [-0.2, -0.15) is 0 Å². The Labute approximate surface area is 164 Å². The second-order valence-corrected chi connectivity index (χ2v) is 8.72. The van der Waals surface area contributed by atoms with Gasteiger partial charge in [-0.3, -0.25) is 0 Å². The number of hydrogen-bond donors (Lipinski definition) is 2. The zero-order valence-electron chi connectivity index (χ0n) is 16.4. The summed E-state index contributed by atoms with van der Waals surface area (Å²) in [6.45, 7) is 3.07. The Hall–Kier alpha value is -2.05. The molecule has 4 aliphatic rings. The second-order valence-electron chi connectivity index (χ2n) is 8.72. The van der Waals surface area contributed by atoms with Crippen LogP contribution in [0.25, 0.3) is 0 Å². The molecule has 6 nitrogen and oxygen atoms in total. The molecule has 2 bridgehead atoms. The number of ether oxygens (including phenoxy) is 2. The van der Waals surface area contributed by atoms with Gasteiger partial charge in [0.25, 0.3) is 0 Å². The molecule has 150 valence electrons. The van der Waals surface area contributed by atoms with Gasteiger partial charge >= 0.3 is 6.16 Å². The number of hydrogen-bond acceptors (Lipinski definition) is 5. The van der Waals surface area contributed by atoms with Gasteiger partial charge in [0.1, 0.15) is 11.7 Å². The molecule has 0 amide bonds. The van der Waals surface area contributed by atoms with E-state index in [0.29, 0.717) is 11.8 Å². The maximum Gasteiger partial charge on any atom is 0.511 e. The van der Waals surface area contributed by atoms with E-state index < -0.39 is 17.9 Å². The zero-order chi connectivity index (χ0) is 19.7. The third kappa shape index (κ3) is 2.02. The first-order valence-electron chi connectivity index (χ1n) is 10.3. The van der Waals surface area contributed by atoms with Gasteiger partial charge in [-0.25, -0.2) is 4.79 Å². The average molecular weight is 385 g/mol. The quantitative estimate of drug-likeness (QED) is 0.471. The molecule has 5 rings (SSSR count). The molecule has 0 radical (unpaired) electrons. The molecule has 0 unspecified atom stereocenters. The summed E-state index contributed by atoms with van der Waals surface area (Å²) in [5, 5.41) is 20.4. The van der Waals surface area contributed by atoms with Crippen molar-refractivity contribution in [2.75, 3.05) is 13.6 Å². The van der Waals surface area contributed by atoms with E-state index in [9.17, 15) is 15.0 Å². The second kappa shape index (κ2) is 5.97. The SMILES string of the molecule is CCCC[C@@]12Oc3c(OC(=O)O)ccc4c3[C@@]13CCN(C)[C@H](C4)[C@@H]3C=C[C@@H]2O. The Morgan fingerprint density at radius 1 is 1.39 bits per heavy atom. The Balaban J connectivity index is 1.78. The smallest absolute Gasteiger partial charge is 0.479 e. The molecule has 2 aliphatic carbocycles. The van der Waals surface area contributed by atoms with Crippen LogP contribution in [0.3, 0.4) is 0 Å². The number of rotatable bonds is 4. The summed E-state index contributed by atoms with van der Waals surface area (Å²) in [4.78, 5) is 13.7. The van der Waals surface area contributed by atoms with E-state index in [-0.39, 0.29) is 17.1 Å². The molecule has 2 aliphatic heterocycles. The molecule has 0 aromatic heterocycles. The van der Waals surface area contributed by atoms with Gasteiger partial charge < -0.3 is 24.6 Å². The lowest BCUT2D eigenvalue weighted by Crippen LogP contribution is -2.71. The highest BCUT2D eigenvalue weighted by Crippen LogP contribution is 2.67. The molecule has 1 spiro atoms. The molecule has 28 heavy (non-hydrogen) atoms. The van der Waals surface area contributed by atoms with Crippen LogP contribution in [0.4, 0.5) is 4.79 Å². The normalized spacial score (nSPS) is 37.3. The number of aliphatic hydroxyl groups excluding tert-OH is 1. The van der Waals surface area contributed by atoms with E-state index in [4.69, 9.17) is 9.47 Å². The number of likely N-dealkylation sites (N-methyl/N-ethyl adjacent to an activating group) is 1. The molecule has 1 saturated heterocycles. The summed E-state index contributed by atoms with van der Waals surface area (Å²) in [7, 11) is 2.17. The van der Waals surface area contributed by atoms with E-state index >= 15 is 0 Å². The first-order valence-corrected chi connectivity index (χ1v) is 10.3. The van der Waals surface area contributed by atoms with E-state index in [2.05, 4.69) is 24.9 Å². The van der Waals surface area contributed by atoms with Crippen molar-refractivity contribution in [3.8, 4) is 11.5 Å². The molecule has 5 atom stereocenters. The number of unbranched alkanes of at least 4 members (excludes halogenated alkanes) is 1. The predicted octanol–water partition coefficient (Wildman–Crippen LogP) is 3.11. The molecule has 1 aromatic carbocycles. The summed E-state index contributed by atoms with van der Waals surface area (Å²) in [5.74, 6) is 1.02. The number of nitrogens with zero attached hydrogens (tertiary/aromatic N) is 1. The van der Waals surface area contributed by atoms with Crippen LogP contribution in [0.5, 0.6) is 11.5 Å². The minimum atomic E-state index is -1.35. The van der Waals surface area contributed by atoms with Crippen molar-refractivity contribution in [3.05, 3.63) is 35.4 Å². The third-order valence-corrected chi connectivity index (χ3v) is 7.61. The summed E-state index contributed by atoms with van der Waals surface area (Å²) >= 11 is 0. The van der Waals surface area contributed by atoms with Crippen LogP contribution in [0, 0.1) is 5.92 Å². The minimum absolute atomic E-state index is 0.236. The van der Waals surface area contributed by atoms with Crippen LogP contribution in [-0.2, 0) is 11.8 Å². The van der Waals surface area contributed by atoms with Crippen LogP contribution in [0.1, 0.15) is 43.7 Å². The Bertz CT molecular complexity index is 867. The number of aliphatic hydroxyl groups is 1. The molecule has 6 heteroatoms. The minimum Gasteiger partial charge on any atom is -0.479 e. The van der Waals surface area contributed by atoms with Gasteiger partial charge in [0.05, 0.1) is 5.41 Å². The topological polar surface area (TPSA) is 79.2 Å². The van der Waals surface area contributed by atoms with Gasteiger partial charge in [-0.1, -0.05) is 31.6 Å². The lowest BCUT2D eigenvalue weighted by Gasteiger charge is -2.61. The molecule has 2 heterocycles. The van der Waals surface area contributed by atoms with Gasteiger partial charge in [0.2, 0.25) is 0 Å². The maximum atomic E-state index is 11.3. The Morgan fingerprint density at radius 3 is 2.96 bits per heavy atom. The van der Waals surface area contributed by atoms with Crippen molar-refractivity contribution in [1.29, 1.82) is 0 Å². The fraction of sp³-hybridized carbons (Fsp3) is 0.591. The highest BCUT2D eigenvalue weighted by Gasteiger charge is 2.71. The van der Waals surface area contributed by atoms with Gasteiger partial charge in [0.15, 0.2) is 11.5 Å². The van der Waals surface area contributed by atoms with E-state index in [1.54, 1.807) is 6.07 Å². The van der Waals surface area contributed by atoms with Crippen LogP contribution < -0.4 is 9.47 Å². The van der Waals surface area contributed by atoms with E-state index in [0.717, 1.165) is 44.2 Å². The number of carboxylic acid groups (broad SMARTS) is 1. The Morgan fingerprint density at radius 2 is 2.21 bits per heavy atom. The zero-order valence-corrected chi connectivity index (χ0v) is 16.4. The van der Waals surface area contributed by atoms with Crippen LogP contribution >= 0.6 is 0 Å². The van der Waals surface area contributed by atoms with Crippen molar-refractivity contribution in [3.63, 3.8) is 0 Å². The maximum absolute atomic E-state index is 11.3. The summed E-state index contributed by atoms with van der Waals surface area (Å²) in [6.07, 6.45) is 6.48.